The predicted octanol–water partition coefficient (Wildman–Crippen LogP) is 5.25. The zero-order valence-corrected chi connectivity index (χ0v) is 25.2. The van der Waals surface area contributed by atoms with Gasteiger partial charge in [-0.3, -0.25) is 13.9 Å². The Labute approximate surface area is 239 Å². The Morgan fingerprint density at radius 2 is 1.43 bits per heavy atom. The molecule has 214 valence electrons. The molecule has 0 bridgehead atoms. The Morgan fingerprint density at radius 3 is 2.00 bits per heavy atom. The Kier molecular flexibility index (Phi) is 10.5. The van der Waals surface area contributed by atoms with E-state index in [0.717, 1.165) is 22.3 Å². The van der Waals surface area contributed by atoms with Crippen molar-refractivity contribution < 1.29 is 18.0 Å². The number of benzene rings is 3. The van der Waals surface area contributed by atoms with Crippen LogP contribution in [0.4, 0.5) is 5.69 Å². The molecule has 7 nitrogen and oxygen atoms in total. The molecule has 0 spiro atoms. The first kappa shape index (κ1) is 30.9. The van der Waals surface area contributed by atoms with Gasteiger partial charge in [-0.15, -0.1) is 0 Å². The van der Waals surface area contributed by atoms with Gasteiger partial charge < -0.3 is 10.2 Å². The number of rotatable bonds is 12. The Hall–Kier alpha value is -3.65. The van der Waals surface area contributed by atoms with Crippen molar-refractivity contribution in [1.82, 2.24) is 10.2 Å². The number of hydrogen-bond donors (Lipinski definition) is 1. The summed E-state index contributed by atoms with van der Waals surface area (Å²) in [6, 6.07) is 20.7. The molecule has 0 saturated heterocycles. The fraction of sp³-hybridized carbons (Fsp3) is 0.375. The molecule has 0 aliphatic heterocycles. The summed E-state index contributed by atoms with van der Waals surface area (Å²) in [7, 11) is -4.09. The molecule has 40 heavy (non-hydrogen) atoms. The summed E-state index contributed by atoms with van der Waals surface area (Å²) in [6.07, 6.45) is 0.589. The molecule has 3 aromatic rings. The second-order valence-corrected chi connectivity index (χ2v) is 12.5. The van der Waals surface area contributed by atoms with Crippen molar-refractivity contribution in [3.8, 4) is 0 Å². The van der Waals surface area contributed by atoms with Crippen molar-refractivity contribution in [3.05, 3.63) is 95.1 Å². The van der Waals surface area contributed by atoms with E-state index in [1.807, 2.05) is 71.0 Å². The van der Waals surface area contributed by atoms with Gasteiger partial charge in [-0.2, -0.15) is 0 Å². The van der Waals surface area contributed by atoms with E-state index < -0.39 is 28.5 Å². The third kappa shape index (κ3) is 7.72. The van der Waals surface area contributed by atoms with Gasteiger partial charge in [-0.1, -0.05) is 86.5 Å². The van der Waals surface area contributed by atoms with Gasteiger partial charge in [-0.25, -0.2) is 8.42 Å². The van der Waals surface area contributed by atoms with Gasteiger partial charge in [0.25, 0.3) is 10.0 Å². The van der Waals surface area contributed by atoms with Gasteiger partial charge in [0.15, 0.2) is 0 Å². The van der Waals surface area contributed by atoms with Crippen LogP contribution >= 0.6 is 0 Å². The number of carbonyl (C=O) groups excluding carboxylic acids is 2. The van der Waals surface area contributed by atoms with Gasteiger partial charge in [0.05, 0.1) is 10.6 Å². The van der Waals surface area contributed by atoms with E-state index in [1.54, 1.807) is 43.3 Å². The molecule has 0 aliphatic carbocycles. The van der Waals surface area contributed by atoms with Gasteiger partial charge in [0.1, 0.15) is 12.6 Å². The largest absolute Gasteiger partial charge is 0.354 e. The molecule has 2 amide bonds. The van der Waals surface area contributed by atoms with Crippen LogP contribution in [0.15, 0.2) is 77.7 Å². The summed E-state index contributed by atoms with van der Waals surface area (Å²) in [5.41, 5.74) is 4.12. The Morgan fingerprint density at radius 1 is 0.850 bits per heavy atom. The fourth-order valence-electron chi connectivity index (χ4n) is 4.33. The monoisotopic (exact) mass is 563 g/mol. The summed E-state index contributed by atoms with van der Waals surface area (Å²) < 4.78 is 29.2. The zero-order chi connectivity index (χ0) is 29.4. The Balaban J connectivity index is 2.04. The molecule has 0 heterocycles. The zero-order valence-electron chi connectivity index (χ0n) is 24.3. The minimum Gasteiger partial charge on any atom is -0.354 e. The number of sulfonamides is 1. The topological polar surface area (TPSA) is 86.8 Å². The molecule has 8 heteroatoms. The van der Waals surface area contributed by atoms with Gasteiger partial charge >= 0.3 is 0 Å². The van der Waals surface area contributed by atoms with Crippen LogP contribution in [0.1, 0.15) is 49.9 Å². The van der Waals surface area contributed by atoms with Crippen LogP contribution in [0.2, 0.25) is 0 Å². The van der Waals surface area contributed by atoms with Crippen molar-refractivity contribution >= 4 is 27.5 Å². The van der Waals surface area contributed by atoms with Crippen molar-refractivity contribution in [2.75, 3.05) is 17.4 Å². The normalized spacial score (nSPS) is 12.2. The van der Waals surface area contributed by atoms with Gasteiger partial charge in [0.2, 0.25) is 11.8 Å². The number of para-hydroxylation sites is 1. The second kappa shape index (κ2) is 13.6. The minimum absolute atomic E-state index is 0.101. The summed E-state index contributed by atoms with van der Waals surface area (Å²) >= 11 is 0. The van der Waals surface area contributed by atoms with Gasteiger partial charge in [-0.05, 0) is 62.4 Å². The van der Waals surface area contributed by atoms with Crippen molar-refractivity contribution in [1.29, 1.82) is 0 Å². The van der Waals surface area contributed by atoms with Crippen molar-refractivity contribution in [2.45, 2.75) is 65.4 Å². The number of carbonyl (C=O) groups is 2. The molecule has 0 fully saturated rings. The third-order valence-corrected chi connectivity index (χ3v) is 8.63. The van der Waals surface area contributed by atoms with Crippen LogP contribution in [0.3, 0.4) is 0 Å². The van der Waals surface area contributed by atoms with E-state index in [2.05, 4.69) is 5.32 Å². The highest BCUT2D eigenvalue weighted by Gasteiger charge is 2.33. The molecule has 0 saturated carbocycles. The minimum atomic E-state index is -4.09. The second-order valence-electron chi connectivity index (χ2n) is 10.6. The lowest BCUT2D eigenvalue weighted by Gasteiger charge is -2.32. The average molecular weight is 564 g/mol. The predicted molar refractivity (Wildman–Crippen MR) is 161 cm³/mol. The Bertz CT molecular complexity index is 1400. The maximum absolute atomic E-state index is 14.1. The highest BCUT2D eigenvalue weighted by Crippen LogP contribution is 2.28. The van der Waals surface area contributed by atoms with Crippen molar-refractivity contribution in [2.24, 2.45) is 5.92 Å². The average Bonchev–Trinajstić information content (AvgIpc) is 2.93. The third-order valence-electron chi connectivity index (χ3n) is 6.85. The molecule has 0 aromatic heterocycles. The first-order valence-electron chi connectivity index (χ1n) is 13.7. The van der Waals surface area contributed by atoms with E-state index in [1.165, 1.54) is 9.21 Å². The van der Waals surface area contributed by atoms with Crippen LogP contribution in [-0.2, 0) is 32.6 Å². The summed E-state index contributed by atoms with van der Waals surface area (Å²) in [5, 5.41) is 2.91. The quantitative estimate of drug-likeness (QED) is 0.326. The lowest BCUT2D eigenvalue weighted by Crippen LogP contribution is -2.51. The van der Waals surface area contributed by atoms with Gasteiger partial charge in [0, 0.05) is 13.1 Å². The number of nitrogens with zero attached hydrogens (tertiary/aromatic N) is 2. The lowest BCUT2D eigenvalue weighted by molar-refractivity contribution is -0.139. The number of aryl methyl sites for hydroxylation is 3. The molecular weight excluding hydrogens is 522 g/mol. The first-order valence-corrected chi connectivity index (χ1v) is 15.2. The van der Waals surface area contributed by atoms with Crippen LogP contribution in [0.25, 0.3) is 0 Å². The molecule has 0 unspecified atom stereocenters. The van der Waals surface area contributed by atoms with Crippen LogP contribution in [0.5, 0.6) is 0 Å². The van der Waals surface area contributed by atoms with E-state index in [-0.39, 0.29) is 23.3 Å². The van der Waals surface area contributed by atoms with Crippen LogP contribution in [0, 0.1) is 19.8 Å². The first-order chi connectivity index (χ1) is 18.9. The number of anilines is 1. The molecule has 3 rings (SSSR count). The summed E-state index contributed by atoms with van der Waals surface area (Å²) in [5.74, 6) is -0.497. The van der Waals surface area contributed by atoms with Crippen molar-refractivity contribution in [3.63, 3.8) is 0 Å². The summed E-state index contributed by atoms with van der Waals surface area (Å²) in [4.78, 5) is 28.7. The van der Waals surface area contributed by atoms with Crippen LogP contribution < -0.4 is 9.62 Å². The lowest BCUT2D eigenvalue weighted by atomic mass is 10.1. The van der Waals surface area contributed by atoms with E-state index in [9.17, 15) is 18.0 Å². The molecule has 0 aliphatic rings. The maximum atomic E-state index is 14.1. The molecule has 1 N–H and O–H groups in total. The molecular formula is C32H41N3O4S. The smallest absolute Gasteiger partial charge is 0.264 e. The van der Waals surface area contributed by atoms with Crippen LogP contribution in [-0.4, -0.2) is 44.3 Å². The molecule has 3 aromatic carbocycles. The standard InChI is InChI=1S/C32H41N3O4S/c1-7-28-10-8-9-11-30(28)35(40(38,39)29-18-14-25(5)15-19-29)22-31(36)34(21-27-16-12-24(4)13-17-27)26(6)32(37)33-20-23(2)3/h8-19,23,26H,7,20-22H2,1-6H3,(H,33,37)/t26-/m0/s1. The number of amides is 2. The van der Waals surface area contributed by atoms with E-state index >= 15 is 0 Å². The highest BCUT2D eigenvalue weighted by atomic mass is 32.2. The van der Waals surface area contributed by atoms with E-state index in [4.69, 9.17) is 0 Å². The number of hydrogen-bond acceptors (Lipinski definition) is 4. The highest BCUT2D eigenvalue weighted by molar-refractivity contribution is 7.92. The maximum Gasteiger partial charge on any atom is 0.264 e. The molecule has 0 radical (unpaired) electrons. The summed E-state index contributed by atoms with van der Waals surface area (Å²) in [6.45, 7) is 11.7. The number of nitrogens with one attached hydrogen (secondary N) is 1. The van der Waals surface area contributed by atoms with E-state index in [0.29, 0.717) is 18.7 Å². The fourth-order valence-corrected chi connectivity index (χ4v) is 5.78. The SMILES string of the molecule is CCc1ccccc1N(CC(=O)N(Cc1ccc(C)cc1)[C@@H](C)C(=O)NCC(C)C)S(=O)(=O)c1ccc(C)cc1. The molecule has 1 atom stereocenters.